The molecule has 0 aliphatic carbocycles. The number of aryl methyl sites for hydroxylation is 2. The van der Waals surface area contributed by atoms with E-state index in [4.69, 9.17) is 16.3 Å². The molecule has 0 saturated carbocycles. The quantitative estimate of drug-likeness (QED) is 0.322. The van der Waals surface area contributed by atoms with Gasteiger partial charge in [0.25, 0.3) is 5.91 Å². The number of nitrogens with zero attached hydrogens (tertiary/aromatic N) is 1. The Labute approximate surface area is 224 Å². The maximum atomic E-state index is 13.4. The van der Waals surface area contributed by atoms with Gasteiger partial charge in [0, 0.05) is 23.6 Å². The summed E-state index contributed by atoms with van der Waals surface area (Å²) in [5, 5.41) is 10.2. The minimum absolute atomic E-state index is 0.242. The van der Waals surface area contributed by atoms with Gasteiger partial charge in [-0.2, -0.15) is 0 Å². The summed E-state index contributed by atoms with van der Waals surface area (Å²) in [6, 6.07) is 21.3. The van der Waals surface area contributed by atoms with Crippen LogP contribution in [-0.4, -0.2) is 34.0 Å². The van der Waals surface area contributed by atoms with E-state index in [1.165, 1.54) is 10.5 Å². The molecule has 6 heteroatoms. The molecule has 0 fully saturated rings. The summed E-state index contributed by atoms with van der Waals surface area (Å²) in [5.74, 6) is -0.561. The number of hydrogen-bond acceptors (Lipinski definition) is 3. The Morgan fingerprint density at radius 1 is 1.00 bits per heavy atom. The predicted octanol–water partition coefficient (Wildman–Crippen LogP) is 6.74. The third kappa shape index (κ3) is 7.14. The van der Waals surface area contributed by atoms with E-state index in [2.05, 4.69) is 26.0 Å². The van der Waals surface area contributed by atoms with Crippen molar-refractivity contribution in [2.24, 2.45) is 0 Å². The van der Waals surface area contributed by atoms with Crippen molar-refractivity contribution in [3.8, 4) is 5.75 Å². The fraction of sp³-hybridized carbons (Fsp3) is 0.355. The molecule has 3 aromatic carbocycles. The summed E-state index contributed by atoms with van der Waals surface area (Å²) in [4.78, 5) is 26.3. The van der Waals surface area contributed by atoms with Crippen molar-refractivity contribution >= 4 is 23.5 Å². The number of rotatable bonds is 10. The fourth-order valence-electron chi connectivity index (χ4n) is 4.84. The number of unbranched alkanes of at least 4 members (excludes halogenated alkanes) is 1. The largest absolute Gasteiger partial charge is 0.487 e. The zero-order valence-corrected chi connectivity index (χ0v) is 22.3. The first-order valence-corrected chi connectivity index (χ1v) is 13.3. The number of amides is 1. The molecule has 3 aromatic rings. The van der Waals surface area contributed by atoms with E-state index < -0.39 is 5.97 Å². The van der Waals surface area contributed by atoms with Crippen molar-refractivity contribution in [2.45, 2.75) is 64.5 Å². The molecule has 0 radical (unpaired) electrons. The highest BCUT2D eigenvalue weighted by molar-refractivity contribution is 6.30. The van der Waals surface area contributed by atoms with E-state index >= 15 is 0 Å². The molecule has 0 aromatic heterocycles. The first-order valence-electron chi connectivity index (χ1n) is 12.9. The van der Waals surface area contributed by atoms with E-state index in [0.29, 0.717) is 10.6 Å². The van der Waals surface area contributed by atoms with Crippen LogP contribution in [0.3, 0.4) is 0 Å². The number of ether oxygens (including phenoxy) is 1. The third-order valence-corrected chi connectivity index (χ3v) is 7.16. The lowest BCUT2D eigenvalue weighted by molar-refractivity contribution is -0.137. The van der Waals surface area contributed by atoms with E-state index in [9.17, 15) is 14.7 Å². The number of carboxylic acids is 1. The molecule has 1 heterocycles. The predicted molar refractivity (Wildman–Crippen MR) is 146 cm³/mol. The molecule has 1 N–H and O–H groups in total. The van der Waals surface area contributed by atoms with Crippen LogP contribution < -0.4 is 4.74 Å². The van der Waals surface area contributed by atoms with Crippen LogP contribution in [0.5, 0.6) is 5.75 Å². The van der Waals surface area contributed by atoms with Crippen molar-refractivity contribution in [3.63, 3.8) is 0 Å². The van der Waals surface area contributed by atoms with Crippen molar-refractivity contribution in [2.75, 3.05) is 6.54 Å². The van der Waals surface area contributed by atoms with Gasteiger partial charge in [-0.1, -0.05) is 61.3 Å². The standard InChI is InChI=1S/C31H34ClNO4/c1-3-4-5-22-6-8-24(9-7-22)20-33(21-29(34)35)30(36)26-12-15-28-25(18-26)16-17-31(2,37-28)19-23-10-13-27(32)14-11-23/h6-15,18H,3-5,16-17,19-21H2,1-2H3,(H,34,35)/t31-/m1/s1. The lowest BCUT2D eigenvalue weighted by atomic mass is 9.87. The first kappa shape index (κ1) is 26.7. The Morgan fingerprint density at radius 2 is 1.68 bits per heavy atom. The van der Waals surface area contributed by atoms with Gasteiger partial charge in [0.15, 0.2) is 0 Å². The van der Waals surface area contributed by atoms with Gasteiger partial charge in [-0.3, -0.25) is 9.59 Å². The molecule has 0 unspecified atom stereocenters. The van der Waals surface area contributed by atoms with E-state index in [1.54, 1.807) is 6.07 Å². The molecule has 1 amide bonds. The summed E-state index contributed by atoms with van der Waals surface area (Å²) < 4.78 is 6.40. The van der Waals surface area contributed by atoms with Gasteiger partial charge < -0.3 is 14.7 Å². The molecular weight excluding hydrogens is 486 g/mol. The van der Waals surface area contributed by atoms with Crippen LogP contribution in [0.4, 0.5) is 0 Å². The lowest BCUT2D eigenvalue weighted by Gasteiger charge is -2.36. The molecule has 1 atom stereocenters. The molecule has 1 aliphatic heterocycles. The molecule has 5 nitrogen and oxygen atoms in total. The summed E-state index contributed by atoms with van der Waals surface area (Å²) in [6.07, 6.45) is 5.63. The van der Waals surface area contributed by atoms with Gasteiger partial charge in [0.05, 0.1) is 0 Å². The zero-order valence-electron chi connectivity index (χ0n) is 21.5. The Kier molecular flexibility index (Phi) is 8.55. The number of carbonyl (C=O) groups excluding carboxylic acids is 1. The van der Waals surface area contributed by atoms with E-state index in [1.807, 2.05) is 48.5 Å². The first-order chi connectivity index (χ1) is 17.7. The molecule has 194 valence electrons. The molecular formula is C31H34ClNO4. The van der Waals surface area contributed by atoms with Crippen molar-refractivity contribution in [1.82, 2.24) is 4.90 Å². The molecule has 37 heavy (non-hydrogen) atoms. The smallest absolute Gasteiger partial charge is 0.323 e. The second kappa shape index (κ2) is 11.8. The normalized spacial score (nSPS) is 16.5. The van der Waals surface area contributed by atoms with E-state index in [-0.39, 0.29) is 24.6 Å². The van der Waals surface area contributed by atoms with Gasteiger partial charge in [0.1, 0.15) is 17.9 Å². The van der Waals surface area contributed by atoms with Crippen LogP contribution >= 0.6 is 11.6 Å². The number of halogens is 1. The van der Waals surface area contributed by atoms with Gasteiger partial charge in [-0.15, -0.1) is 0 Å². The summed E-state index contributed by atoms with van der Waals surface area (Å²) in [6.45, 7) is 4.15. The average Bonchev–Trinajstić information content (AvgIpc) is 2.88. The molecule has 0 bridgehead atoms. The number of benzene rings is 3. The molecule has 0 saturated heterocycles. The highest BCUT2D eigenvalue weighted by Crippen LogP contribution is 2.36. The topological polar surface area (TPSA) is 66.8 Å². The van der Waals surface area contributed by atoms with E-state index in [0.717, 1.165) is 61.0 Å². The van der Waals surface area contributed by atoms with Crippen molar-refractivity contribution in [3.05, 3.63) is 99.6 Å². The Bertz CT molecular complexity index is 1240. The Hall–Kier alpha value is -3.31. The second-order valence-electron chi connectivity index (χ2n) is 10.2. The van der Waals surface area contributed by atoms with Gasteiger partial charge in [-0.05, 0) is 85.2 Å². The van der Waals surface area contributed by atoms with Gasteiger partial charge in [0.2, 0.25) is 0 Å². The number of fused-ring (bicyclic) bond motifs is 1. The maximum absolute atomic E-state index is 13.4. The Morgan fingerprint density at radius 3 is 2.35 bits per heavy atom. The minimum atomic E-state index is -1.04. The molecule has 0 spiro atoms. The molecule has 1 aliphatic rings. The van der Waals surface area contributed by atoms with Crippen molar-refractivity contribution in [1.29, 1.82) is 0 Å². The summed E-state index contributed by atoms with van der Waals surface area (Å²) >= 11 is 6.02. The second-order valence-corrected chi connectivity index (χ2v) is 10.6. The number of carbonyl (C=O) groups is 2. The van der Waals surface area contributed by atoms with Crippen LogP contribution in [0, 0.1) is 0 Å². The van der Waals surface area contributed by atoms with Gasteiger partial charge >= 0.3 is 5.97 Å². The number of carboxylic acid groups (broad SMARTS) is 1. The highest BCUT2D eigenvalue weighted by atomic mass is 35.5. The van der Waals surface area contributed by atoms with Crippen LogP contribution in [-0.2, 0) is 30.6 Å². The van der Waals surface area contributed by atoms with Crippen LogP contribution in [0.1, 0.15) is 65.7 Å². The molecule has 4 rings (SSSR count). The third-order valence-electron chi connectivity index (χ3n) is 6.91. The minimum Gasteiger partial charge on any atom is -0.487 e. The fourth-order valence-corrected chi connectivity index (χ4v) is 4.97. The number of hydrogen-bond donors (Lipinski definition) is 1. The Balaban J connectivity index is 1.47. The maximum Gasteiger partial charge on any atom is 0.323 e. The van der Waals surface area contributed by atoms with Crippen LogP contribution in [0.2, 0.25) is 5.02 Å². The zero-order chi connectivity index (χ0) is 26.4. The SMILES string of the molecule is CCCCc1ccc(CN(CC(=O)O)C(=O)c2ccc3c(c2)CC[C@](C)(Cc2ccc(Cl)cc2)O3)cc1. The van der Waals surface area contributed by atoms with Crippen LogP contribution in [0.15, 0.2) is 66.7 Å². The highest BCUT2D eigenvalue weighted by Gasteiger charge is 2.32. The number of aliphatic carboxylic acids is 1. The summed E-state index contributed by atoms with van der Waals surface area (Å²) in [7, 11) is 0. The van der Waals surface area contributed by atoms with Crippen molar-refractivity contribution < 1.29 is 19.4 Å². The average molecular weight is 520 g/mol. The van der Waals surface area contributed by atoms with Gasteiger partial charge in [-0.25, -0.2) is 0 Å². The monoisotopic (exact) mass is 519 g/mol. The summed E-state index contributed by atoms with van der Waals surface area (Å²) in [5.41, 5.74) is 4.41. The van der Waals surface area contributed by atoms with Crippen LogP contribution in [0.25, 0.3) is 0 Å². The lowest BCUT2D eigenvalue weighted by Crippen LogP contribution is -2.39.